The number of para-hydroxylation sites is 2. The highest BCUT2D eigenvalue weighted by Crippen LogP contribution is 2.11. The molecule has 0 saturated carbocycles. The number of rotatable bonds is 4. The van der Waals surface area contributed by atoms with E-state index in [1.54, 1.807) is 21.5 Å². The molecule has 0 spiro atoms. The van der Waals surface area contributed by atoms with E-state index in [1.807, 2.05) is 18.2 Å². The van der Waals surface area contributed by atoms with E-state index in [1.165, 1.54) is 0 Å². The zero-order chi connectivity index (χ0) is 13.2. The monoisotopic (exact) mass is 259 g/mol. The van der Waals surface area contributed by atoms with Crippen molar-refractivity contribution in [2.45, 2.75) is 19.6 Å². The number of hydrogen-bond acceptors (Lipinski definition) is 5. The molecule has 0 fully saturated rings. The molecule has 0 radical (unpaired) electrons. The maximum Gasteiger partial charge on any atom is 0.420 e. The number of oxazole rings is 1. The zero-order valence-corrected chi connectivity index (χ0v) is 10.2. The van der Waals surface area contributed by atoms with Crippen LogP contribution in [0.4, 0.5) is 0 Å². The van der Waals surface area contributed by atoms with Crippen molar-refractivity contribution in [2.75, 3.05) is 0 Å². The van der Waals surface area contributed by atoms with Gasteiger partial charge >= 0.3 is 5.76 Å². The molecule has 0 aliphatic carbocycles. The second-order valence-corrected chi connectivity index (χ2v) is 4.16. The van der Waals surface area contributed by atoms with E-state index in [-0.39, 0.29) is 5.76 Å². The average Bonchev–Trinajstić information content (AvgIpc) is 3.00. The molecule has 0 aliphatic rings. The summed E-state index contributed by atoms with van der Waals surface area (Å²) < 4.78 is 8.40. The second kappa shape index (κ2) is 4.69. The van der Waals surface area contributed by atoms with E-state index < -0.39 is 0 Å². The van der Waals surface area contributed by atoms with Gasteiger partial charge in [-0.2, -0.15) is 0 Å². The van der Waals surface area contributed by atoms with Gasteiger partial charge in [0, 0.05) is 19.3 Å². The Balaban J connectivity index is 1.85. The van der Waals surface area contributed by atoms with Crippen LogP contribution in [0.2, 0.25) is 0 Å². The largest absolute Gasteiger partial charge is 0.420 e. The van der Waals surface area contributed by atoms with E-state index in [2.05, 4.69) is 10.3 Å². The average molecular weight is 259 g/mol. The quantitative estimate of drug-likeness (QED) is 0.729. The molecule has 0 atom stereocenters. The molecular formula is C12H13N5O2. The fraction of sp³-hybridized carbons (Fsp3) is 0.250. The molecule has 19 heavy (non-hydrogen) atoms. The van der Waals surface area contributed by atoms with Crippen LogP contribution in [0, 0.1) is 0 Å². The topological polar surface area (TPSA) is 91.9 Å². The van der Waals surface area contributed by atoms with E-state index in [0.717, 1.165) is 11.2 Å². The van der Waals surface area contributed by atoms with Crippen LogP contribution in [-0.4, -0.2) is 19.6 Å². The Bertz CT molecular complexity index is 755. The smallest absolute Gasteiger partial charge is 0.408 e. The van der Waals surface area contributed by atoms with E-state index in [0.29, 0.717) is 25.2 Å². The first-order valence-electron chi connectivity index (χ1n) is 5.95. The molecule has 2 N–H and O–H groups in total. The zero-order valence-electron chi connectivity index (χ0n) is 10.2. The molecule has 1 aromatic carbocycles. The molecule has 98 valence electrons. The summed E-state index contributed by atoms with van der Waals surface area (Å²) in [6.45, 7) is 1.37. The number of nitrogens with zero attached hydrogens (tertiary/aromatic N) is 4. The summed E-state index contributed by atoms with van der Waals surface area (Å²) in [7, 11) is 0. The number of aromatic nitrogens is 4. The third-order valence-corrected chi connectivity index (χ3v) is 2.92. The van der Waals surface area contributed by atoms with Gasteiger partial charge in [0.1, 0.15) is 0 Å². The Kier molecular flexibility index (Phi) is 2.88. The summed E-state index contributed by atoms with van der Waals surface area (Å²) in [5.74, 6) is -0.361. The van der Waals surface area contributed by atoms with Crippen molar-refractivity contribution in [1.82, 2.24) is 19.6 Å². The number of fused-ring (bicyclic) bond motifs is 1. The van der Waals surface area contributed by atoms with Crippen molar-refractivity contribution in [1.29, 1.82) is 0 Å². The number of hydrogen-bond donors (Lipinski definition) is 1. The summed E-state index contributed by atoms with van der Waals surface area (Å²) in [4.78, 5) is 11.8. The Hall–Kier alpha value is -2.41. The summed E-state index contributed by atoms with van der Waals surface area (Å²) in [6.07, 6.45) is 1.77. The third-order valence-electron chi connectivity index (χ3n) is 2.92. The van der Waals surface area contributed by atoms with Crippen LogP contribution in [0.1, 0.15) is 5.69 Å². The maximum atomic E-state index is 11.8. The van der Waals surface area contributed by atoms with Gasteiger partial charge in [0.15, 0.2) is 5.58 Å². The lowest BCUT2D eigenvalue weighted by Crippen LogP contribution is -2.18. The Morgan fingerprint density at radius 3 is 2.89 bits per heavy atom. The van der Waals surface area contributed by atoms with Crippen molar-refractivity contribution in [3.05, 3.63) is 46.7 Å². The lowest BCUT2D eigenvalue weighted by atomic mass is 10.3. The van der Waals surface area contributed by atoms with E-state index in [9.17, 15) is 4.79 Å². The molecule has 3 aromatic rings. The normalized spacial score (nSPS) is 11.2. The van der Waals surface area contributed by atoms with Crippen molar-refractivity contribution in [3.8, 4) is 0 Å². The predicted octanol–water partition coefficient (Wildman–Crippen LogP) is 0.345. The minimum atomic E-state index is -0.361. The summed E-state index contributed by atoms with van der Waals surface area (Å²) in [5, 5.41) is 7.83. The van der Waals surface area contributed by atoms with Crippen LogP contribution in [0.3, 0.4) is 0 Å². The standard InChI is InChI=1S/C12H13N5O2/c13-7-9-8-16(15-14-9)5-6-17-10-3-1-2-4-11(10)19-12(17)18/h1-4,8H,5-7,13H2. The van der Waals surface area contributed by atoms with Crippen LogP contribution in [0.15, 0.2) is 39.7 Å². The van der Waals surface area contributed by atoms with Crippen LogP contribution >= 0.6 is 0 Å². The predicted molar refractivity (Wildman–Crippen MR) is 68.4 cm³/mol. The van der Waals surface area contributed by atoms with Gasteiger partial charge in [-0.15, -0.1) is 5.10 Å². The van der Waals surface area contributed by atoms with Crippen LogP contribution in [0.25, 0.3) is 11.1 Å². The third kappa shape index (κ3) is 2.15. The second-order valence-electron chi connectivity index (χ2n) is 4.16. The Morgan fingerprint density at radius 1 is 1.26 bits per heavy atom. The van der Waals surface area contributed by atoms with Gasteiger partial charge < -0.3 is 10.2 Å². The fourth-order valence-corrected chi connectivity index (χ4v) is 1.97. The van der Waals surface area contributed by atoms with E-state index in [4.69, 9.17) is 10.2 Å². The maximum absolute atomic E-state index is 11.8. The van der Waals surface area contributed by atoms with Gasteiger partial charge in [-0.25, -0.2) is 4.79 Å². The molecular weight excluding hydrogens is 246 g/mol. The molecule has 7 nitrogen and oxygen atoms in total. The van der Waals surface area contributed by atoms with Gasteiger partial charge in [0.05, 0.1) is 17.8 Å². The van der Waals surface area contributed by atoms with Crippen LogP contribution in [0.5, 0.6) is 0 Å². The summed E-state index contributed by atoms with van der Waals surface area (Å²) in [5.41, 5.74) is 7.57. The molecule has 0 bridgehead atoms. The van der Waals surface area contributed by atoms with Crippen LogP contribution < -0.4 is 11.5 Å². The lowest BCUT2D eigenvalue weighted by Gasteiger charge is -2.01. The molecule has 2 heterocycles. The number of nitrogens with two attached hydrogens (primary N) is 1. The van der Waals surface area contributed by atoms with Crippen molar-refractivity contribution in [2.24, 2.45) is 5.73 Å². The van der Waals surface area contributed by atoms with E-state index >= 15 is 0 Å². The molecule has 2 aromatic heterocycles. The molecule has 0 amide bonds. The highest BCUT2D eigenvalue weighted by Gasteiger charge is 2.08. The highest BCUT2D eigenvalue weighted by atomic mass is 16.4. The first-order valence-corrected chi connectivity index (χ1v) is 5.95. The highest BCUT2D eigenvalue weighted by molar-refractivity contribution is 5.72. The molecule has 3 rings (SSSR count). The SMILES string of the molecule is NCc1cn(CCn2c(=O)oc3ccccc32)nn1. The molecule has 0 unspecified atom stereocenters. The first-order chi connectivity index (χ1) is 9.28. The van der Waals surface area contributed by atoms with Crippen molar-refractivity contribution >= 4 is 11.1 Å². The minimum Gasteiger partial charge on any atom is -0.408 e. The number of benzene rings is 1. The summed E-state index contributed by atoms with van der Waals surface area (Å²) in [6, 6.07) is 7.33. The van der Waals surface area contributed by atoms with Gasteiger partial charge in [-0.1, -0.05) is 17.3 Å². The minimum absolute atomic E-state index is 0.356. The fourth-order valence-electron chi connectivity index (χ4n) is 1.97. The lowest BCUT2D eigenvalue weighted by molar-refractivity contribution is 0.466. The van der Waals surface area contributed by atoms with Crippen molar-refractivity contribution in [3.63, 3.8) is 0 Å². The molecule has 0 saturated heterocycles. The molecule has 0 aliphatic heterocycles. The van der Waals surface area contributed by atoms with Gasteiger partial charge in [0.25, 0.3) is 0 Å². The van der Waals surface area contributed by atoms with Gasteiger partial charge in [-0.3, -0.25) is 9.25 Å². The van der Waals surface area contributed by atoms with Crippen LogP contribution in [-0.2, 0) is 19.6 Å². The molecule has 7 heteroatoms. The Morgan fingerprint density at radius 2 is 2.11 bits per heavy atom. The summed E-state index contributed by atoms with van der Waals surface area (Å²) >= 11 is 0. The first kappa shape index (κ1) is 11.7. The van der Waals surface area contributed by atoms with Crippen molar-refractivity contribution < 1.29 is 4.42 Å². The van der Waals surface area contributed by atoms with Gasteiger partial charge in [-0.05, 0) is 12.1 Å². The van der Waals surface area contributed by atoms with Gasteiger partial charge in [0.2, 0.25) is 0 Å². The number of aryl methyl sites for hydroxylation is 2. The Labute approximate surface area is 108 Å².